The van der Waals surface area contributed by atoms with E-state index in [9.17, 15) is 4.79 Å². The zero-order chi connectivity index (χ0) is 15.1. The SMILES string of the molecule is CCOc1ccccc1NC(=O)CN(CC)C1CCNC1. The van der Waals surface area contributed by atoms with Crippen molar-refractivity contribution in [3.63, 3.8) is 0 Å². The van der Waals surface area contributed by atoms with Crippen LogP contribution in [0.3, 0.4) is 0 Å². The van der Waals surface area contributed by atoms with Gasteiger partial charge in [0.05, 0.1) is 18.8 Å². The summed E-state index contributed by atoms with van der Waals surface area (Å²) in [7, 11) is 0. The molecule has 1 saturated heterocycles. The number of nitrogens with zero attached hydrogens (tertiary/aromatic N) is 1. The Morgan fingerprint density at radius 1 is 1.43 bits per heavy atom. The minimum absolute atomic E-state index is 0.0101. The van der Waals surface area contributed by atoms with Crippen molar-refractivity contribution in [3.8, 4) is 5.75 Å². The largest absolute Gasteiger partial charge is 0.492 e. The minimum Gasteiger partial charge on any atom is -0.492 e. The average Bonchev–Trinajstić information content (AvgIpc) is 3.01. The van der Waals surface area contributed by atoms with E-state index in [0.717, 1.165) is 37.5 Å². The van der Waals surface area contributed by atoms with Crippen LogP contribution in [0.2, 0.25) is 0 Å². The topological polar surface area (TPSA) is 53.6 Å². The van der Waals surface area contributed by atoms with Gasteiger partial charge in [-0.1, -0.05) is 19.1 Å². The maximum Gasteiger partial charge on any atom is 0.238 e. The molecular formula is C16H25N3O2. The molecule has 5 nitrogen and oxygen atoms in total. The van der Waals surface area contributed by atoms with Gasteiger partial charge in [0.25, 0.3) is 0 Å². The van der Waals surface area contributed by atoms with Gasteiger partial charge >= 0.3 is 0 Å². The molecule has 1 atom stereocenters. The van der Waals surface area contributed by atoms with E-state index in [4.69, 9.17) is 4.74 Å². The average molecular weight is 291 g/mol. The summed E-state index contributed by atoms with van der Waals surface area (Å²) in [5, 5.41) is 6.30. The van der Waals surface area contributed by atoms with Gasteiger partial charge in [0, 0.05) is 12.6 Å². The number of likely N-dealkylation sites (N-methyl/N-ethyl adjacent to an activating group) is 1. The molecule has 0 aliphatic carbocycles. The predicted molar refractivity (Wildman–Crippen MR) is 84.8 cm³/mol. The zero-order valence-corrected chi connectivity index (χ0v) is 12.9. The Morgan fingerprint density at radius 3 is 2.90 bits per heavy atom. The van der Waals surface area contributed by atoms with E-state index in [0.29, 0.717) is 19.2 Å². The second kappa shape index (κ2) is 8.00. The van der Waals surface area contributed by atoms with Gasteiger partial charge < -0.3 is 15.4 Å². The molecule has 5 heteroatoms. The van der Waals surface area contributed by atoms with Crippen LogP contribution in [0.1, 0.15) is 20.3 Å². The normalized spacial score (nSPS) is 18.0. The standard InChI is InChI=1S/C16H25N3O2/c1-3-19(13-9-10-17-11-13)12-16(20)18-14-7-5-6-8-15(14)21-4-2/h5-8,13,17H,3-4,9-12H2,1-2H3,(H,18,20). The number of para-hydroxylation sites is 2. The molecule has 21 heavy (non-hydrogen) atoms. The fourth-order valence-corrected chi connectivity index (χ4v) is 2.68. The first-order chi connectivity index (χ1) is 10.2. The molecule has 0 radical (unpaired) electrons. The molecule has 1 aromatic carbocycles. The third-order valence-electron chi connectivity index (χ3n) is 3.76. The summed E-state index contributed by atoms with van der Waals surface area (Å²) in [6.07, 6.45) is 1.11. The molecule has 0 spiro atoms. The van der Waals surface area contributed by atoms with E-state index in [1.807, 2.05) is 31.2 Å². The molecule has 1 aliphatic heterocycles. The summed E-state index contributed by atoms with van der Waals surface area (Å²) in [4.78, 5) is 14.5. The van der Waals surface area contributed by atoms with E-state index in [-0.39, 0.29) is 5.91 Å². The van der Waals surface area contributed by atoms with Gasteiger partial charge in [0.15, 0.2) is 0 Å². The van der Waals surface area contributed by atoms with Crippen molar-refractivity contribution in [2.75, 3.05) is 38.1 Å². The first-order valence-electron chi connectivity index (χ1n) is 7.71. The summed E-state index contributed by atoms with van der Waals surface area (Å²) in [6, 6.07) is 8.01. The van der Waals surface area contributed by atoms with E-state index in [2.05, 4.69) is 22.5 Å². The molecule has 1 fully saturated rings. The molecular weight excluding hydrogens is 266 g/mol. The van der Waals surface area contributed by atoms with Crippen LogP contribution in [0.25, 0.3) is 0 Å². The van der Waals surface area contributed by atoms with Crippen molar-refractivity contribution in [1.82, 2.24) is 10.2 Å². The van der Waals surface area contributed by atoms with Gasteiger partial charge in [-0.15, -0.1) is 0 Å². The first kappa shape index (κ1) is 15.8. The maximum atomic E-state index is 12.3. The smallest absolute Gasteiger partial charge is 0.238 e. The Bertz CT molecular complexity index is 459. The number of hydrogen-bond donors (Lipinski definition) is 2. The van der Waals surface area contributed by atoms with Gasteiger partial charge in [0.2, 0.25) is 5.91 Å². The van der Waals surface area contributed by atoms with Crippen molar-refractivity contribution in [1.29, 1.82) is 0 Å². The Hall–Kier alpha value is -1.59. The van der Waals surface area contributed by atoms with E-state index < -0.39 is 0 Å². The molecule has 116 valence electrons. The second-order valence-corrected chi connectivity index (χ2v) is 5.19. The van der Waals surface area contributed by atoms with Crippen LogP contribution >= 0.6 is 0 Å². The van der Waals surface area contributed by atoms with E-state index in [1.54, 1.807) is 0 Å². The summed E-state index contributed by atoms with van der Waals surface area (Å²) in [6.45, 7) is 7.93. The van der Waals surface area contributed by atoms with Crippen LogP contribution in [0.4, 0.5) is 5.69 Å². The molecule has 1 aliphatic rings. The highest BCUT2D eigenvalue weighted by atomic mass is 16.5. The third-order valence-corrected chi connectivity index (χ3v) is 3.76. The number of ether oxygens (including phenoxy) is 1. The van der Waals surface area contributed by atoms with Crippen LogP contribution in [0.5, 0.6) is 5.75 Å². The first-order valence-corrected chi connectivity index (χ1v) is 7.71. The Balaban J connectivity index is 1.94. The van der Waals surface area contributed by atoms with E-state index in [1.165, 1.54) is 0 Å². The monoisotopic (exact) mass is 291 g/mol. The summed E-state index contributed by atoms with van der Waals surface area (Å²) in [5.74, 6) is 0.731. The molecule has 1 amide bonds. The number of carbonyl (C=O) groups is 1. The highest BCUT2D eigenvalue weighted by Gasteiger charge is 2.23. The van der Waals surface area contributed by atoms with Crippen molar-refractivity contribution >= 4 is 11.6 Å². The number of amides is 1. The second-order valence-electron chi connectivity index (χ2n) is 5.19. The molecule has 1 heterocycles. The van der Waals surface area contributed by atoms with Crippen LogP contribution in [-0.2, 0) is 4.79 Å². The summed E-state index contributed by atoms with van der Waals surface area (Å²) >= 11 is 0. The molecule has 2 rings (SSSR count). The lowest BCUT2D eigenvalue weighted by Crippen LogP contribution is -2.41. The molecule has 1 aromatic rings. The molecule has 2 N–H and O–H groups in total. The highest BCUT2D eigenvalue weighted by molar-refractivity contribution is 5.93. The van der Waals surface area contributed by atoms with Gasteiger partial charge in [-0.3, -0.25) is 9.69 Å². The highest BCUT2D eigenvalue weighted by Crippen LogP contribution is 2.23. The summed E-state index contributed by atoms with van der Waals surface area (Å²) < 4.78 is 5.53. The van der Waals surface area contributed by atoms with Crippen LogP contribution in [0, 0.1) is 0 Å². The zero-order valence-electron chi connectivity index (χ0n) is 12.9. The third kappa shape index (κ3) is 4.44. The summed E-state index contributed by atoms with van der Waals surface area (Å²) in [5.41, 5.74) is 0.741. The fraction of sp³-hybridized carbons (Fsp3) is 0.562. The quantitative estimate of drug-likeness (QED) is 0.803. The Labute approximate surface area is 126 Å². The van der Waals surface area contributed by atoms with Gasteiger partial charge in [-0.25, -0.2) is 0 Å². The number of carbonyl (C=O) groups excluding carboxylic acids is 1. The van der Waals surface area contributed by atoms with Crippen LogP contribution in [-0.4, -0.2) is 49.6 Å². The van der Waals surface area contributed by atoms with Crippen LogP contribution < -0.4 is 15.4 Å². The minimum atomic E-state index is 0.0101. The van der Waals surface area contributed by atoms with Gasteiger partial charge in [-0.2, -0.15) is 0 Å². The lowest BCUT2D eigenvalue weighted by atomic mass is 10.2. The van der Waals surface area contributed by atoms with Crippen molar-refractivity contribution < 1.29 is 9.53 Å². The number of hydrogen-bond acceptors (Lipinski definition) is 4. The maximum absolute atomic E-state index is 12.3. The van der Waals surface area contributed by atoms with Crippen molar-refractivity contribution in [3.05, 3.63) is 24.3 Å². The molecule has 1 unspecified atom stereocenters. The Kier molecular flexibility index (Phi) is 6.02. The van der Waals surface area contributed by atoms with E-state index >= 15 is 0 Å². The number of nitrogens with one attached hydrogen (secondary N) is 2. The van der Waals surface area contributed by atoms with Gasteiger partial charge in [0.1, 0.15) is 5.75 Å². The number of benzene rings is 1. The predicted octanol–water partition coefficient (Wildman–Crippen LogP) is 1.71. The molecule has 0 aromatic heterocycles. The fourth-order valence-electron chi connectivity index (χ4n) is 2.68. The number of anilines is 1. The van der Waals surface area contributed by atoms with Gasteiger partial charge in [-0.05, 0) is 38.6 Å². The molecule has 0 saturated carbocycles. The lowest BCUT2D eigenvalue weighted by Gasteiger charge is -2.26. The van der Waals surface area contributed by atoms with Crippen molar-refractivity contribution in [2.45, 2.75) is 26.3 Å². The van der Waals surface area contributed by atoms with Crippen molar-refractivity contribution in [2.24, 2.45) is 0 Å². The molecule has 0 bridgehead atoms. The Morgan fingerprint density at radius 2 is 2.24 bits per heavy atom. The van der Waals surface area contributed by atoms with Crippen LogP contribution in [0.15, 0.2) is 24.3 Å². The number of rotatable bonds is 7. The lowest BCUT2D eigenvalue weighted by molar-refractivity contribution is -0.117.